The molecular weight excluding hydrogens is 447 g/mol. The van der Waals surface area contributed by atoms with Gasteiger partial charge in [0.1, 0.15) is 0 Å². The fraction of sp³-hybridized carbons (Fsp3) is 0.429. The molecule has 0 aromatic carbocycles. The number of aliphatic carboxylic acids is 1. The fourth-order valence-corrected chi connectivity index (χ4v) is 2.68. The molecule has 34 heavy (non-hydrogen) atoms. The van der Waals surface area contributed by atoms with Gasteiger partial charge in [-0.25, -0.2) is 9.59 Å². The van der Waals surface area contributed by atoms with Crippen molar-refractivity contribution in [2.75, 3.05) is 34.5 Å². The van der Waals surface area contributed by atoms with E-state index in [0.29, 0.717) is 0 Å². The van der Waals surface area contributed by atoms with Gasteiger partial charge in [0, 0.05) is 38.7 Å². The minimum absolute atomic E-state index is 0. The molecule has 2 unspecified atom stereocenters. The van der Waals surface area contributed by atoms with E-state index in [1.165, 1.54) is 44.2 Å². The number of carboxylic acid groups (broad SMARTS) is 1. The maximum atomic E-state index is 11.7. The molecule has 0 aliphatic rings. The summed E-state index contributed by atoms with van der Waals surface area (Å²) in [5, 5.41) is 8.91. The summed E-state index contributed by atoms with van der Waals surface area (Å²) in [6.45, 7) is 3.67. The molecule has 0 spiro atoms. The van der Waals surface area contributed by atoms with E-state index >= 15 is 0 Å². The summed E-state index contributed by atoms with van der Waals surface area (Å²) in [5.74, 6) is -1.57. The zero-order valence-corrected chi connectivity index (χ0v) is 20.1. The van der Waals surface area contributed by atoms with Crippen LogP contribution in [0.1, 0.15) is 23.2 Å². The van der Waals surface area contributed by atoms with Gasteiger partial charge in [-0.15, -0.1) is 0 Å². The van der Waals surface area contributed by atoms with Gasteiger partial charge in [0.05, 0.1) is 20.3 Å². The minimum atomic E-state index is -1.08. The van der Waals surface area contributed by atoms with Crippen molar-refractivity contribution in [3.05, 3.63) is 68.5 Å². The van der Waals surface area contributed by atoms with E-state index in [1.54, 1.807) is 25.3 Å². The Morgan fingerprint density at radius 1 is 0.853 bits per heavy atom. The van der Waals surface area contributed by atoms with E-state index in [1.807, 2.05) is 6.92 Å². The van der Waals surface area contributed by atoms with Crippen LogP contribution in [0.15, 0.2) is 46.2 Å². The number of carboxylic acids is 1. The first kappa shape index (κ1) is 35.9. The molecule has 0 aliphatic heterocycles. The topological polar surface area (TPSA) is 186 Å². The van der Waals surface area contributed by atoms with Crippen LogP contribution in [0, 0.1) is 13.8 Å². The van der Waals surface area contributed by atoms with Crippen LogP contribution in [-0.2, 0) is 23.8 Å². The van der Waals surface area contributed by atoms with Gasteiger partial charge in [0.25, 0.3) is 11.1 Å². The normalized spacial score (nSPS) is 11.2. The summed E-state index contributed by atoms with van der Waals surface area (Å²) in [6, 6.07) is 4.60. The van der Waals surface area contributed by atoms with Crippen LogP contribution in [-0.4, -0.2) is 71.7 Å². The molecule has 0 amide bonds. The SMILES string of the molecule is COCC(C(=O)O)n1ccc(C)cc1=O.COCC(C(=O)OC)n1ccc(C)cc1=O.[Li+].[OH-].[OH-]. The van der Waals surface area contributed by atoms with E-state index in [-0.39, 0.29) is 54.1 Å². The number of esters is 1. The number of hydrogen-bond acceptors (Lipinski definition) is 9. The molecule has 2 heterocycles. The standard InChI is InChI=1S/C11H15NO4.C10H13NO4.Li.2H2O/c1-8-4-5-12(10(13)6-8)9(7-15-2)11(14)16-3;1-7-3-4-11(9(12)5-7)8(6-15-2)10(13)14;;;/h4-6,9H,7H2,1-3H3;3-5,8H,6H2,1-2H3,(H,13,14);;2*1H2/q;;+1;;/p-2. The van der Waals surface area contributed by atoms with Gasteiger partial charge < -0.3 is 30.3 Å². The third kappa shape index (κ3) is 10.5. The van der Waals surface area contributed by atoms with Crippen molar-refractivity contribution >= 4 is 11.9 Å². The Morgan fingerprint density at radius 2 is 1.24 bits per heavy atom. The number of carbonyl (C=O) groups is 2. The number of hydrogen-bond donors (Lipinski definition) is 1. The summed E-state index contributed by atoms with van der Waals surface area (Å²) in [4.78, 5) is 45.5. The van der Waals surface area contributed by atoms with Gasteiger partial charge in [0.2, 0.25) is 0 Å². The minimum Gasteiger partial charge on any atom is -0.870 e. The Morgan fingerprint density at radius 3 is 1.56 bits per heavy atom. The third-order valence-corrected chi connectivity index (χ3v) is 4.29. The van der Waals surface area contributed by atoms with Crippen LogP contribution in [0.2, 0.25) is 0 Å². The molecule has 186 valence electrons. The Hall–Kier alpha value is -2.72. The van der Waals surface area contributed by atoms with Crippen LogP contribution in [0.3, 0.4) is 0 Å². The van der Waals surface area contributed by atoms with Crippen molar-refractivity contribution in [1.29, 1.82) is 0 Å². The van der Waals surface area contributed by atoms with Crippen LogP contribution in [0.25, 0.3) is 0 Å². The number of pyridine rings is 2. The molecule has 2 atom stereocenters. The number of nitrogens with zero attached hydrogens (tertiary/aromatic N) is 2. The van der Waals surface area contributed by atoms with E-state index in [9.17, 15) is 19.2 Å². The zero-order valence-electron chi connectivity index (χ0n) is 20.1. The second-order valence-electron chi connectivity index (χ2n) is 6.70. The van der Waals surface area contributed by atoms with Crippen LogP contribution < -0.4 is 30.0 Å². The molecule has 0 saturated heterocycles. The number of aryl methyl sites for hydroxylation is 2. The van der Waals surface area contributed by atoms with Crippen molar-refractivity contribution in [3.8, 4) is 0 Å². The van der Waals surface area contributed by atoms with Crippen molar-refractivity contribution in [1.82, 2.24) is 9.13 Å². The zero-order chi connectivity index (χ0) is 23.6. The number of aromatic nitrogens is 2. The molecule has 2 rings (SSSR count). The largest absolute Gasteiger partial charge is 1.00 e. The molecule has 2 aromatic heterocycles. The first-order valence-corrected chi connectivity index (χ1v) is 9.32. The molecular formula is C21H30LiN2O10-. The Bertz CT molecular complexity index is 1010. The molecule has 12 nitrogen and oxygen atoms in total. The quantitative estimate of drug-likeness (QED) is 0.317. The summed E-state index contributed by atoms with van der Waals surface area (Å²) < 4.78 is 16.8. The van der Waals surface area contributed by atoms with Gasteiger partial charge in [-0.2, -0.15) is 0 Å². The third-order valence-electron chi connectivity index (χ3n) is 4.29. The van der Waals surface area contributed by atoms with Gasteiger partial charge in [-0.3, -0.25) is 18.7 Å². The second kappa shape index (κ2) is 17.7. The predicted octanol–water partition coefficient (Wildman–Crippen LogP) is -2.40. The maximum Gasteiger partial charge on any atom is 1.00 e. The van der Waals surface area contributed by atoms with Crippen LogP contribution >= 0.6 is 0 Å². The van der Waals surface area contributed by atoms with E-state index in [4.69, 9.17) is 14.6 Å². The molecule has 2 aromatic rings. The van der Waals surface area contributed by atoms with Gasteiger partial charge in [0.15, 0.2) is 12.1 Å². The number of rotatable bonds is 8. The second-order valence-corrected chi connectivity index (χ2v) is 6.70. The number of ether oxygens (including phenoxy) is 3. The predicted molar refractivity (Wildman–Crippen MR) is 116 cm³/mol. The number of carbonyl (C=O) groups excluding carboxylic acids is 1. The first-order valence-electron chi connectivity index (χ1n) is 9.32. The van der Waals surface area contributed by atoms with Crippen molar-refractivity contribution in [3.63, 3.8) is 0 Å². The molecule has 0 bridgehead atoms. The first-order chi connectivity index (χ1) is 14.7. The van der Waals surface area contributed by atoms with Crippen molar-refractivity contribution in [2.24, 2.45) is 0 Å². The monoisotopic (exact) mass is 477 g/mol. The number of methoxy groups -OCH3 is 3. The average molecular weight is 477 g/mol. The van der Waals surface area contributed by atoms with Gasteiger partial charge >= 0.3 is 30.8 Å². The fourth-order valence-electron chi connectivity index (χ4n) is 2.68. The van der Waals surface area contributed by atoms with Crippen molar-refractivity contribution < 1.29 is 58.7 Å². The summed E-state index contributed by atoms with van der Waals surface area (Å²) >= 11 is 0. The van der Waals surface area contributed by atoms with Crippen LogP contribution in [0.5, 0.6) is 0 Å². The average Bonchev–Trinajstić information content (AvgIpc) is 2.71. The Kier molecular flexibility index (Phi) is 18.7. The molecule has 0 saturated carbocycles. The Labute approximate surface area is 208 Å². The van der Waals surface area contributed by atoms with Gasteiger partial charge in [-0.1, -0.05) is 0 Å². The summed E-state index contributed by atoms with van der Waals surface area (Å²) in [5.41, 5.74) is 1.08. The van der Waals surface area contributed by atoms with E-state index < -0.39 is 24.0 Å². The molecule has 3 N–H and O–H groups in total. The molecule has 0 radical (unpaired) electrons. The smallest absolute Gasteiger partial charge is 0.870 e. The summed E-state index contributed by atoms with van der Waals surface area (Å²) in [6.07, 6.45) is 3.04. The van der Waals surface area contributed by atoms with Crippen LogP contribution in [0.4, 0.5) is 0 Å². The van der Waals surface area contributed by atoms with Gasteiger partial charge in [-0.05, 0) is 37.1 Å². The van der Waals surface area contributed by atoms with E-state index in [2.05, 4.69) is 4.74 Å². The maximum absolute atomic E-state index is 11.7. The molecule has 0 aliphatic carbocycles. The summed E-state index contributed by atoms with van der Waals surface area (Å²) in [7, 11) is 4.15. The molecule has 0 fully saturated rings. The Balaban J connectivity index is -0.000000520. The van der Waals surface area contributed by atoms with E-state index in [0.717, 1.165) is 15.7 Å². The molecule has 13 heteroatoms. The van der Waals surface area contributed by atoms with Crippen molar-refractivity contribution in [2.45, 2.75) is 25.9 Å².